The fraction of sp³-hybridized carbons (Fsp3) is 0.522. The summed E-state index contributed by atoms with van der Waals surface area (Å²) in [4.78, 5) is 12.8. The molecule has 14 heteroatoms. The predicted molar refractivity (Wildman–Crippen MR) is 135 cm³/mol. The van der Waals surface area contributed by atoms with Gasteiger partial charge in [-0.1, -0.05) is 17.7 Å². The SMILES string of the molecule is COc1ccc2c(n1)-c1nnc(NS(=O)(=O)[C@@H](C)[C@H](OC)c3ncc(Cl)cn3)n1[C@@H]([C@H]1CCCCO1)C2. The van der Waals surface area contributed by atoms with Crippen LogP contribution in [-0.2, 0) is 25.9 Å². The number of fused-ring (bicyclic) bond motifs is 3. The topological polar surface area (TPSA) is 143 Å². The number of nitrogens with one attached hydrogen (secondary N) is 1. The van der Waals surface area contributed by atoms with Crippen molar-refractivity contribution in [1.29, 1.82) is 0 Å². The third-order valence-electron chi connectivity index (χ3n) is 6.77. The molecule has 1 saturated heterocycles. The van der Waals surface area contributed by atoms with Gasteiger partial charge < -0.3 is 14.2 Å². The number of rotatable bonds is 8. The van der Waals surface area contributed by atoms with Crippen LogP contribution in [0.4, 0.5) is 5.95 Å². The molecule has 2 aliphatic heterocycles. The van der Waals surface area contributed by atoms with Gasteiger partial charge in [-0.25, -0.2) is 23.4 Å². The average Bonchev–Trinajstić information content (AvgIpc) is 3.33. The second-order valence-electron chi connectivity index (χ2n) is 9.02. The summed E-state index contributed by atoms with van der Waals surface area (Å²) >= 11 is 5.89. The van der Waals surface area contributed by atoms with Crippen LogP contribution in [0.15, 0.2) is 24.5 Å². The molecule has 3 aromatic heterocycles. The first kappa shape index (κ1) is 25.8. The number of methoxy groups -OCH3 is 2. The van der Waals surface area contributed by atoms with Crippen LogP contribution in [0, 0.1) is 0 Å². The van der Waals surface area contributed by atoms with Gasteiger partial charge in [-0.15, -0.1) is 10.2 Å². The quantitative estimate of drug-likeness (QED) is 0.445. The standard InChI is InChI=1S/C23H28ClN7O5S/c1-13(20(35-3)21-25-11-15(24)12-26-21)37(32,33)30-23-29-28-22-19-14(7-8-18(27-19)34-2)10-16(31(22)23)17-6-4-5-9-36-17/h7-8,11-13,16-17,20H,4-6,9-10H2,1-3H3,(H,29,30)/t13-,16+,17+,20-/m0/s1. The number of aromatic nitrogens is 6. The van der Waals surface area contributed by atoms with E-state index in [-0.39, 0.29) is 23.9 Å². The molecule has 12 nitrogen and oxygen atoms in total. The highest BCUT2D eigenvalue weighted by atomic mass is 35.5. The second-order valence-corrected chi connectivity index (χ2v) is 11.5. The summed E-state index contributed by atoms with van der Waals surface area (Å²) in [5.74, 6) is 1.17. The molecule has 2 aliphatic rings. The number of anilines is 1. The lowest BCUT2D eigenvalue weighted by molar-refractivity contribution is -0.0166. The average molecular weight is 550 g/mol. The minimum absolute atomic E-state index is 0.0863. The molecule has 0 unspecified atom stereocenters. The van der Waals surface area contributed by atoms with E-state index < -0.39 is 21.4 Å². The van der Waals surface area contributed by atoms with E-state index in [0.29, 0.717) is 35.4 Å². The van der Waals surface area contributed by atoms with E-state index in [9.17, 15) is 8.42 Å². The molecular formula is C23H28ClN7O5S. The highest BCUT2D eigenvalue weighted by molar-refractivity contribution is 7.93. The molecule has 4 atom stereocenters. The fourth-order valence-electron chi connectivity index (χ4n) is 4.82. The lowest BCUT2D eigenvalue weighted by Crippen LogP contribution is -2.37. The fourth-order valence-corrected chi connectivity index (χ4v) is 6.06. The van der Waals surface area contributed by atoms with Gasteiger partial charge in [0, 0.05) is 32.2 Å². The van der Waals surface area contributed by atoms with E-state index in [1.165, 1.54) is 26.4 Å². The minimum Gasteiger partial charge on any atom is -0.481 e. The zero-order chi connectivity index (χ0) is 26.2. The second kappa shape index (κ2) is 10.5. The Balaban J connectivity index is 1.51. The molecule has 0 spiro atoms. The van der Waals surface area contributed by atoms with Gasteiger partial charge in [-0.3, -0.25) is 9.29 Å². The number of pyridine rings is 1. The molecule has 37 heavy (non-hydrogen) atoms. The first-order chi connectivity index (χ1) is 17.8. The minimum atomic E-state index is -4.03. The predicted octanol–water partition coefficient (Wildman–Crippen LogP) is 2.98. The van der Waals surface area contributed by atoms with Crippen LogP contribution < -0.4 is 9.46 Å². The van der Waals surface area contributed by atoms with E-state index >= 15 is 0 Å². The third-order valence-corrected chi connectivity index (χ3v) is 8.66. The monoisotopic (exact) mass is 549 g/mol. The van der Waals surface area contributed by atoms with Crippen molar-refractivity contribution in [3.05, 3.63) is 40.9 Å². The zero-order valence-corrected chi connectivity index (χ0v) is 22.2. The summed E-state index contributed by atoms with van der Waals surface area (Å²) < 4.78 is 48.4. The maximum atomic E-state index is 13.5. The Morgan fingerprint density at radius 3 is 2.65 bits per heavy atom. The maximum Gasteiger partial charge on any atom is 0.240 e. The van der Waals surface area contributed by atoms with Crippen LogP contribution in [0.2, 0.25) is 5.02 Å². The summed E-state index contributed by atoms with van der Waals surface area (Å²) in [6.45, 7) is 2.17. The number of nitrogens with zero attached hydrogens (tertiary/aromatic N) is 6. The van der Waals surface area contributed by atoms with Crippen LogP contribution >= 0.6 is 11.6 Å². The Kier molecular flexibility index (Phi) is 7.30. The van der Waals surface area contributed by atoms with Crippen LogP contribution in [-0.4, -0.2) is 70.3 Å². The number of sulfonamides is 1. The number of ether oxygens (including phenoxy) is 3. The Hall–Kier alpha value is -2.87. The molecule has 0 bridgehead atoms. The van der Waals surface area contributed by atoms with Gasteiger partial charge in [0.05, 0.1) is 24.3 Å². The molecule has 0 radical (unpaired) electrons. The van der Waals surface area contributed by atoms with Crippen molar-refractivity contribution in [2.75, 3.05) is 25.5 Å². The molecule has 0 aliphatic carbocycles. The Bertz CT molecular complexity index is 1360. The molecule has 5 rings (SSSR count). The summed E-state index contributed by atoms with van der Waals surface area (Å²) in [6, 6.07) is 3.55. The van der Waals surface area contributed by atoms with Crippen LogP contribution in [0.5, 0.6) is 5.88 Å². The lowest BCUT2D eigenvalue weighted by atomic mass is 9.92. The van der Waals surface area contributed by atoms with Gasteiger partial charge in [0.2, 0.25) is 21.9 Å². The largest absolute Gasteiger partial charge is 0.481 e. The highest BCUT2D eigenvalue weighted by Crippen LogP contribution is 2.40. The lowest BCUT2D eigenvalue weighted by Gasteiger charge is -2.35. The van der Waals surface area contributed by atoms with E-state index in [4.69, 9.17) is 25.8 Å². The van der Waals surface area contributed by atoms with Crippen molar-refractivity contribution < 1.29 is 22.6 Å². The van der Waals surface area contributed by atoms with Crippen molar-refractivity contribution in [3.8, 4) is 17.4 Å². The van der Waals surface area contributed by atoms with Crippen molar-refractivity contribution in [3.63, 3.8) is 0 Å². The zero-order valence-electron chi connectivity index (χ0n) is 20.7. The third kappa shape index (κ3) is 5.00. The van der Waals surface area contributed by atoms with Gasteiger partial charge >= 0.3 is 0 Å². The molecule has 0 saturated carbocycles. The van der Waals surface area contributed by atoms with Gasteiger partial charge in [0.15, 0.2) is 11.6 Å². The Labute approximate surface area is 219 Å². The van der Waals surface area contributed by atoms with Gasteiger partial charge in [0.1, 0.15) is 17.0 Å². The molecule has 0 amide bonds. The normalized spacial score (nSPS) is 21.0. The molecular weight excluding hydrogens is 522 g/mol. The maximum absolute atomic E-state index is 13.5. The Morgan fingerprint density at radius 1 is 1.19 bits per heavy atom. The van der Waals surface area contributed by atoms with E-state index in [0.717, 1.165) is 24.8 Å². The van der Waals surface area contributed by atoms with Crippen molar-refractivity contribution >= 4 is 27.6 Å². The summed E-state index contributed by atoms with van der Waals surface area (Å²) in [7, 11) is -1.08. The molecule has 3 aromatic rings. The first-order valence-corrected chi connectivity index (χ1v) is 13.9. The summed E-state index contributed by atoms with van der Waals surface area (Å²) in [6.07, 6.45) is 5.19. The van der Waals surface area contributed by atoms with Gasteiger partial charge in [-0.2, -0.15) is 0 Å². The smallest absolute Gasteiger partial charge is 0.240 e. The van der Waals surface area contributed by atoms with Crippen LogP contribution in [0.1, 0.15) is 49.7 Å². The van der Waals surface area contributed by atoms with Gasteiger partial charge in [-0.05, 0) is 38.2 Å². The first-order valence-electron chi connectivity index (χ1n) is 11.9. The van der Waals surface area contributed by atoms with E-state index in [1.54, 1.807) is 17.7 Å². The molecule has 5 heterocycles. The molecule has 1 fully saturated rings. The van der Waals surface area contributed by atoms with Crippen molar-refractivity contribution in [2.24, 2.45) is 0 Å². The molecule has 198 valence electrons. The van der Waals surface area contributed by atoms with E-state index in [1.807, 2.05) is 6.07 Å². The van der Waals surface area contributed by atoms with Crippen LogP contribution in [0.25, 0.3) is 11.5 Å². The van der Waals surface area contributed by atoms with E-state index in [2.05, 4.69) is 29.9 Å². The Morgan fingerprint density at radius 2 is 1.97 bits per heavy atom. The highest BCUT2D eigenvalue weighted by Gasteiger charge is 2.39. The molecule has 0 aromatic carbocycles. The van der Waals surface area contributed by atoms with Gasteiger partial charge in [0.25, 0.3) is 0 Å². The van der Waals surface area contributed by atoms with Crippen LogP contribution in [0.3, 0.4) is 0 Å². The van der Waals surface area contributed by atoms with Crippen molar-refractivity contribution in [2.45, 2.75) is 56.1 Å². The number of hydrogen-bond donors (Lipinski definition) is 1. The molecule has 1 N–H and O–H groups in total. The number of halogens is 1. The summed E-state index contributed by atoms with van der Waals surface area (Å²) in [5.41, 5.74) is 1.57. The van der Waals surface area contributed by atoms with Crippen molar-refractivity contribution in [1.82, 2.24) is 29.7 Å². The summed E-state index contributed by atoms with van der Waals surface area (Å²) in [5, 5.41) is 7.84. The number of hydrogen-bond acceptors (Lipinski definition) is 10.